The standard InChI is InChI=1S/C24H25N3O4.C2HF3O2/c1-14-9-17-20(29)12-24(31-21(17)10-15(14)2)5-7-27(8-6-24)23(30)16-3-4-18-19(11-16)26-22(13-28)25-18;3-2(4,5)1(6)7/h3-4,9-11,28H,5-8,12-13H2,1-2H3,(H,25,26);(H,6,7). The number of aromatic amines is 1. The van der Waals surface area contributed by atoms with E-state index in [2.05, 4.69) is 9.97 Å². The molecule has 2 aliphatic rings. The van der Waals surface area contributed by atoms with Crippen LogP contribution in [0.15, 0.2) is 30.3 Å². The number of nitrogens with one attached hydrogen (secondary N) is 1. The number of piperidine rings is 1. The van der Waals surface area contributed by atoms with Crippen LogP contribution in [0.4, 0.5) is 13.2 Å². The molecular weight excluding hydrogens is 507 g/mol. The SMILES string of the molecule is Cc1cc2c(cc1C)C(=O)CC1(CCN(C(=O)c3ccc4nc(CO)[nH]c4c3)CC1)O2.O=C(O)C(F)(F)F. The number of imidazole rings is 1. The van der Waals surface area contributed by atoms with Gasteiger partial charge >= 0.3 is 12.1 Å². The molecule has 1 aromatic heterocycles. The molecule has 0 bridgehead atoms. The Bertz CT molecular complexity index is 1410. The van der Waals surface area contributed by atoms with Gasteiger partial charge in [-0.05, 0) is 55.3 Å². The number of aryl methyl sites for hydroxylation is 2. The Balaban J connectivity index is 0.000000426. The summed E-state index contributed by atoms with van der Waals surface area (Å²) in [4.78, 5) is 43.9. The number of ether oxygens (including phenoxy) is 1. The number of carboxylic acids is 1. The number of likely N-dealkylation sites (tertiary alicyclic amines) is 1. The number of fused-ring (bicyclic) bond motifs is 2. The van der Waals surface area contributed by atoms with Gasteiger partial charge in [-0.25, -0.2) is 9.78 Å². The molecule has 1 fully saturated rings. The number of aliphatic hydroxyl groups is 1. The summed E-state index contributed by atoms with van der Waals surface area (Å²) in [7, 11) is 0. The quantitative estimate of drug-likeness (QED) is 0.454. The molecule has 202 valence electrons. The molecule has 9 nitrogen and oxygen atoms in total. The molecule has 0 aliphatic carbocycles. The van der Waals surface area contributed by atoms with Crippen LogP contribution in [0, 0.1) is 13.8 Å². The van der Waals surface area contributed by atoms with Crippen LogP contribution in [-0.4, -0.2) is 67.6 Å². The average Bonchev–Trinajstić information content (AvgIpc) is 3.28. The van der Waals surface area contributed by atoms with Crippen molar-refractivity contribution in [2.45, 2.75) is 51.5 Å². The van der Waals surface area contributed by atoms with Crippen LogP contribution in [-0.2, 0) is 11.4 Å². The molecule has 0 radical (unpaired) electrons. The molecule has 1 amide bonds. The number of hydrogen-bond acceptors (Lipinski definition) is 6. The number of ketones is 1. The van der Waals surface area contributed by atoms with E-state index >= 15 is 0 Å². The van der Waals surface area contributed by atoms with Crippen molar-refractivity contribution in [1.82, 2.24) is 14.9 Å². The van der Waals surface area contributed by atoms with Crippen LogP contribution in [0.5, 0.6) is 5.75 Å². The van der Waals surface area contributed by atoms with Crippen LogP contribution in [0.1, 0.15) is 56.9 Å². The van der Waals surface area contributed by atoms with Gasteiger partial charge in [-0.1, -0.05) is 0 Å². The number of aromatic nitrogens is 2. The third-order valence-corrected chi connectivity index (χ3v) is 6.84. The third kappa shape index (κ3) is 5.49. The van der Waals surface area contributed by atoms with Crippen molar-refractivity contribution in [2.24, 2.45) is 0 Å². The zero-order chi connectivity index (χ0) is 27.8. The first-order valence-electron chi connectivity index (χ1n) is 11.8. The fraction of sp³-hybridized carbons (Fsp3) is 0.385. The van der Waals surface area contributed by atoms with Crippen molar-refractivity contribution in [3.63, 3.8) is 0 Å². The second kappa shape index (κ2) is 10.1. The molecule has 0 saturated carbocycles. The minimum atomic E-state index is -5.08. The number of aliphatic carboxylic acids is 1. The van der Waals surface area contributed by atoms with Crippen LogP contribution >= 0.6 is 0 Å². The van der Waals surface area contributed by atoms with E-state index in [1.165, 1.54) is 0 Å². The Hall–Kier alpha value is -3.93. The van der Waals surface area contributed by atoms with Crippen molar-refractivity contribution >= 4 is 28.7 Å². The van der Waals surface area contributed by atoms with E-state index in [4.69, 9.17) is 14.6 Å². The number of rotatable bonds is 2. The molecule has 2 aliphatic heterocycles. The number of benzene rings is 2. The lowest BCUT2D eigenvalue weighted by molar-refractivity contribution is -0.192. The van der Waals surface area contributed by atoms with Crippen molar-refractivity contribution in [2.75, 3.05) is 13.1 Å². The highest BCUT2D eigenvalue weighted by molar-refractivity contribution is 6.01. The summed E-state index contributed by atoms with van der Waals surface area (Å²) < 4.78 is 38.1. The van der Waals surface area contributed by atoms with Gasteiger partial charge in [0, 0.05) is 31.5 Å². The Labute approximate surface area is 215 Å². The summed E-state index contributed by atoms with van der Waals surface area (Å²) >= 11 is 0. The Kier molecular flexibility index (Phi) is 7.20. The monoisotopic (exact) mass is 533 g/mol. The van der Waals surface area contributed by atoms with E-state index in [1.807, 2.05) is 30.9 Å². The predicted molar refractivity (Wildman–Crippen MR) is 129 cm³/mol. The van der Waals surface area contributed by atoms with Gasteiger partial charge < -0.3 is 24.8 Å². The first-order valence-corrected chi connectivity index (χ1v) is 11.8. The molecule has 3 N–H and O–H groups in total. The van der Waals surface area contributed by atoms with Gasteiger partial charge in [-0.3, -0.25) is 9.59 Å². The summed E-state index contributed by atoms with van der Waals surface area (Å²) in [5, 5.41) is 16.4. The summed E-state index contributed by atoms with van der Waals surface area (Å²) in [6.07, 6.45) is -3.48. The number of aliphatic hydroxyl groups excluding tert-OH is 1. The van der Waals surface area contributed by atoms with Gasteiger partial charge in [0.25, 0.3) is 5.91 Å². The highest BCUT2D eigenvalue weighted by Crippen LogP contribution is 2.40. The van der Waals surface area contributed by atoms with E-state index in [9.17, 15) is 27.9 Å². The van der Waals surface area contributed by atoms with E-state index in [0.29, 0.717) is 55.1 Å². The molecule has 12 heteroatoms. The molecular formula is C26H26F3N3O6. The van der Waals surface area contributed by atoms with E-state index in [0.717, 1.165) is 22.2 Å². The average molecular weight is 534 g/mol. The maximum atomic E-state index is 13.1. The molecule has 5 rings (SSSR count). The lowest BCUT2D eigenvalue weighted by atomic mass is 9.81. The normalized spacial score (nSPS) is 16.5. The van der Waals surface area contributed by atoms with Crippen molar-refractivity contribution < 1.29 is 42.5 Å². The molecule has 1 saturated heterocycles. The zero-order valence-corrected chi connectivity index (χ0v) is 20.7. The van der Waals surface area contributed by atoms with Crippen LogP contribution < -0.4 is 4.74 Å². The number of carboxylic acid groups (broad SMARTS) is 1. The minimum absolute atomic E-state index is 0.0501. The summed E-state index contributed by atoms with van der Waals surface area (Å²) in [6.45, 7) is 4.92. The number of Topliss-reactive ketones (excluding diaryl/α,β-unsaturated/α-hetero) is 1. The largest absolute Gasteiger partial charge is 0.490 e. The van der Waals surface area contributed by atoms with Crippen LogP contribution in [0.3, 0.4) is 0 Å². The van der Waals surface area contributed by atoms with Gasteiger partial charge in [-0.2, -0.15) is 13.2 Å². The summed E-state index contributed by atoms with van der Waals surface area (Å²) in [6, 6.07) is 9.20. The van der Waals surface area contributed by atoms with Gasteiger partial charge in [0.05, 0.1) is 23.0 Å². The molecule has 3 heterocycles. The number of amides is 1. The maximum Gasteiger partial charge on any atom is 0.490 e. The van der Waals surface area contributed by atoms with Gasteiger partial charge in [-0.15, -0.1) is 0 Å². The number of alkyl halides is 3. The van der Waals surface area contributed by atoms with E-state index in [1.54, 1.807) is 18.2 Å². The second-order valence-corrected chi connectivity index (χ2v) is 9.49. The zero-order valence-electron chi connectivity index (χ0n) is 20.7. The Morgan fingerprint density at radius 3 is 2.37 bits per heavy atom. The van der Waals surface area contributed by atoms with Crippen LogP contribution in [0.2, 0.25) is 0 Å². The highest BCUT2D eigenvalue weighted by Gasteiger charge is 2.44. The van der Waals surface area contributed by atoms with E-state index < -0.39 is 17.7 Å². The lowest BCUT2D eigenvalue weighted by Crippen LogP contribution is -2.52. The fourth-order valence-electron chi connectivity index (χ4n) is 4.60. The second-order valence-electron chi connectivity index (χ2n) is 9.49. The molecule has 0 atom stereocenters. The lowest BCUT2D eigenvalue weighted by Gasteiger charge is -2.44. The smallest absolute Gasteiger partial charge is 0.486 e. The van der Waals surface area contributed by atoms with E-state index in [-0.39, 0.29) is 18.3 Å². The number of carbonyl (C=O) groups excluding carboxylic acids is 2. The predicted octanol–water partition coefficient (Wildman–Crippen LogP) is 3.95. The number of halogens is 3. The third-order valence-electron chi connectivity index (χ3n) is 6.84. The Morgan fingerprint density at radius 2 is 1.76 bits per heavy atom. The number of carbonyl (C=O) groups is 3. The number of nitrogens with zero attached hydrogens (tertiary/aromatic N) is 2. The molecule has 2 aromatic carbocycles. The van der Waals surface area contributed by atoms with Gasteiger partial charge in [0.2, 0.25) is 0 Å². The minimum Gasteiger partial charge on any atom is -0.486 e. The fourth-order valence-corrected chi connectivity index (χ4v) is 4.60. The number of H-pyrrole nitrogens is 1. The topological polar surface area (TPSA) is 133 Å². The molecule has 0 unspecified atom stereocenters. The maximum absolute atomic E-state index is 13.1. The van der Waals surface area contributed by atoms with Crippen molar-refractivity contribution in [1.29, 1.82) is 0 Å². The molecule has 1 spiro atoms. The van der Waals surface area contributed by atoms with Gasteiger partial charge in [0.15, 0.2) is 5.78 Å². The number of hydrogen-bond donors (Lipinski definition) is 3. The summed E-state index contributed by atoms with van der Waals surface area (Å²) in [5.74, 6) is -1.54. The highest BCUT2D eigenvalue weighted by atomic mass is 19.4. The van der Waals surface area contributed by atoms with Crippen LogP contribution in [0.25, 0.3) is 11.0 Å². The summed E-state index contributed by atoms with van der Waals surface area (Å²) in [5.41, 5.74) is 4.35. The Morgan fingerprint density at radius 1 is 1.13 bits per heavy atom. The van der Waals surface area contributed by atoms with Crippen molar-refractivity contribution in [3.05, 3.63) is 58.4 Å². The van der Waals surface area contributed by atoms with Gasteiger partial charge in [0.1, 0.15) is 23.8 Å². The van der Waals surface area contributed by atoms with Crippen molar-refractivity contribution in [3.8, 4) is 5.75 Å². The first-order chi connectivity index (χ1) is 17.8. The first kappa shape index (κ1) is 27.1. The molecule has 38 heavy (non-hydrogen) atoms. The molecule has 3 aromatic rings.